The lowest BCUT2D eigenvalue weighted by Gasteiger charge is -2.06. The van der Waals surface area contributed by atoms with Gasteiger partial charge in [-0.25, -0.2) is 9.48 Å². The minimum Gasteiger partial charge on any atom is -0.476 e. The Morgan fingerprint density at radius 1 is 1.50 bits per heavy atom. The highest BCUT2D eigenvalue weighted by atomic mass is 16.5. The van der Waals surface area contributed by atoms with Crippen LogP contribution in [0.5, 0.6) is 0 Å². The van der Waals surface area contributed by atoms with Gasteiger partial charge in [0, 0.05) is 20.3 Å². The zero-order valence-electron chi connectivity index (χ0n) is 10.6. The molecular formula is C12H19N3O3. The minimum absolute atomic E-state index is 0.119. The first kappa shape index (κ1) is 13.0. The average molecular weight is 253 g/mol. The van der Waals surface area contributed by atoms with Crippen LogP contribution in [0.1, 0.15) is 41.9 Å². The standard InChI is InChI=1S/C12H19N3O3/c1-18-7-3-2-6-15-10(8-9-4-5-9)11(12(16)17)13-14-15/h9H,2-8H2,1H3,(H,16,17). The highest BCUT2D eigenvalue weighted by molar-refractivity contribution is 5.86. The predicted octanol–water partition coefficient (Wildman–Crippen LogP) is 1.36. The Labute approximate surface area is 106 Å². The molecule has 1 heterocycles. The molecular weight excluding hydrogens is 234 g/mol. The summed E-state index contributed by atoms with van der Waals surface area (Å²) in [7, 11) is 1.68. The second-order valence-corrected chi connectivity index (χ2v) is 4.76. The van der Waals surface area contributed by atoms with Gasteiger partial charge in [-0.2, -0.15) is 0 Å². The van der Waals surface area contributed by atoms with E-state index < -0.39 is 5.97 Å². The van der Waals surface area contributed by atoms with Crippen LogP contribution in [0, 0.1) is 5.92 Å². The van der Waals surface area contributed by atoms with Crippen molar-refractivity contribution in [2.75, 3.05) is 13.7 Å². The van der Waals surface area contributed by atoms with E-state index in [0.717, 1.165) is 31.6 Å². The van der Waals surface area contributed by atoms with Gasteiger partial charge in [0.15, 0.2) is 5.69 Å². The van der Waals surface area contributed by atoms with Crippen molar-refractivity contribution in [2.45, 2.75) is 38.6 Å². The molecule has 0 amide bonds. The Morgan fingerprint density at radius 2 is 2.28 bits per heavy atom. The second-order valence-electron chi connectivity index (χ2n) is 4.76. The van der Waals surface area contributed by atoms with Crippen LogP contribution in [0.2, 0.25) is 0 Å². The van der Waals surface area contributed by atoms with Gasteiger partial charge in [0.05, 0.1) is 5.69 Å². The maximum Gasteiger partial charge on any atom is 0.358 e. The molecule has 18 heavy (non-hydrogen) atoms. The summed E-state index contributed by atoms with van der Waals surface area (Å²) in [5.41, 5.74) is 0.899. The van der Waals surface area contributed by atoms with Gasteiger partial charge in [0.1, 0.15) is 0 Å². The first-order chi connectivity index (χ1) is 8.72. The van der Waals surface area contributed by atoms with Crippen LogP contribution < -0.4 is 0 Å². The van der Waals surface area contributed by atoms with E-state index in [-0.39, 0.29) is 5.69 Å². The number of carboxylic acids is 1. The van der Waals surface area contributed by atoms with Gasteiger partial charge < -0.3 is 9.84 Å². The van der Waals surface area contributed by atoms with Crippen molar-refractivity contribution in [1.82, 2.24) is 15.0 Å². The SMILES string of the molecule is COCCCCn1nnc(C(=O)O)c1CC1CC1. The summed E-state index contributed by atoms with van der Waals surface area (Å²) >= 11 is 0. The van der Waals surface area contributed by atoms with Gasteiger partial charge in [-0.1, -0.05) is 5.21 Å². The Kier molecular flexibility index (Phi) is 4.30. The van der Waals surface area contributed by atoms with Crippen molar-refractivity contribution in [3.8, 4) is 0 Å². The summed E-state index contributed by atoms with van der Waals surface area (Å²) < 4.78 is 6.74. The summed E-state index contributed by atoms with van der Waals surface area (Å²) in [5.74, 6) is -0.354. The molecule has 6 nitrogen and oxygen atoms in total. The van der Waals surface area contributed by atoms with Gasteiger partial charge in [-0.05, 0) is 38.0 Å². The van der Waals surface area contributed by atoms with Crippen LogP contribution in [0.3, 0.4) is 0 Å². The molecule has 6 heteroatoms. The first-order valence-electron chi connectivity index (χ1n) is 6.37. The van der Waals surface area contributed by atoms with E-state index in [1.165, 1.54) is 12.8 Å². The molecule has 0 spiro atoms. The molecule has 0 bridgehead atoms. The van der Waals surface area contributed by atoms with Crippen LogP contribution in [0.4, 0.5) is 0 Å². The summed E-state index contributed by atoms with van der Waals surface area (Å²) in [6.45, 7) is 1.43. The number of carboxylic acid groups (broad SMARTS) is 1. The van der Waals surface area contributed by atoms with Crippen LogP contribution in [-0.2, 0) is 17.7 Å². The van der Waals surface area contributed by atoms with Crippen LogP contribution in [0.15, 0.2) is 0 Å². The number of aromatic nitrogens is 3. The quantitative estimate of drug-likeness (QED) is 0.708. The monoisotopic (exact) mass is 253 g/mol. The minimum atomic E-state index is -0.978. The van der Waals surface area contributed by atoms with Crippen molar-refractivity contribution in [2.24, 2.45) is 5.92 Å². The highest BCUT2D eigenvalue weighted by Crippen LogP contribution is 2.33. The van der Waals surface area contributed by atoms with E-state index in [1.54, 1.807) is 11.8 Å². The molecule has 1 aromatic heterocycles. The summed E-state index contributed by atoms with van der Waals surface area (Å²) in [6, 6.07) is 0. The highest BCUT2D eigenvalue weighted by Gasteiger charge is 2.27. The van der Waals surface area contributed by atoms with Crippen LogP contribution >= 0.6 is 0 Å². The Bertz CT molecular complexity index is 413. The van der Waals surface area contributed by atoms with Crippen molar-refractivity contribution in [1.29, 1.82) is 0 Å². The summed E-state index contributed by atoms with van der Waals surface area (Å²) in [6.07, 6.45) is 5.04. The Balaban J connectivity index is 2.00. The molecule has 1 fully saturated rings. The number of hydrogen-bond acceptors (Lipinski definition) is 4. The number of carbonyl (C=O) groups is 1. The van der Waals surface area contributed by atoms with E-state index in [1.807, 2.05) is 0 Å². The van der Waals surface area contributed by atoms with Gasteiger partial charge in [-0.3, -0.25) is 0 Å². The third-order valence-corrected chi connectivity index (χ3v) is 3.19. The number of nitrogens with zero attached hydrogens (tertiary/aromatic N) is 3. The summed E-state index contributed by atoms with van der Waals surface area (Å²) in [5, 5.41) is 16.8. The predicted molar refractivity (Wildman–Crippen MR) is 64.5 cm³/mol. The molecule has 1 aromatic rings. The molecule has 2 rings (SSSR count). The fourth-order valence-corrected chi connectivity index (χ4v) is 1.98. The number of ether oxygens (including phenoxy) is 1. The molecule has 0 saturated heterocycles. The number of methoxy groups -OCH3 is 1. The zero-order chi connectivity index (χ0) is 13.0. The molecule has 1 aliphatic rings. The van der Waals surface area contributed by atoms with Crippen LogP contribution in [-0.4, -0.2) is 39.8 Å². The lowest BCUT2D eigenvalue weighted by Crippen LogP contribution is -2.10. The number of aromatic carboxylic acids is 1. The largest absolute Gasteiger partial charge is 0.476 e. The molecule has 0 radical (unpaired) electrons. The van der Waals surface area contributed by atoms with Crippen molar-refractivity contribution in [3.05, 3.63) is 11.4 Å². The number of aryl methyl sites for hydroxylation is 1. The van der Waals surface area contributed by atoms with Crippen molar-refractivity contribution in [3.63, 3.8) is 0 Å². The fourth-order valence-electron chi connectivity index (χ4n) is 1.98. The van der Waals surface area contributed by atoms with Gasteiger partial charge in [0.25, 0.3) is 0 Å². The van der Waals surface area contributed by atoms with Crippen molar-refractivity contribution < 1.29 is 14.6 Å². The number of unbranched alkanes of at least 4 members (excludes halogenated alkanes) is 1. The van der Waals surface area contributed by atoms with Crippen molar-refractivity contribution >= 4 is 5.97 Å². The maximum atomic E-state index is 11.1. The number of rotatable bonds is 8. The molecule has 0 unspecified atom stereocenters. The fraction of sp³-hybridized carbons (Fsp3) is 0.750. The topological polar surface area (TPSA) is 77.2 Å². The lowest BCUT2D eigenvalue weighted by molar-refractivity contribution is 0.0689. The van der Waals surface area contributed by atoms with E-state index in [9.17, 15) is 4.79 Å². The lowest BCUT2D eigenvalue weighted by atomic mass is 10.1. The van der Waals surface area contributed by atoms with E-state index in [4.69, 9.17) is 9.84 Å². The Hall–Kier alpha value is -1.43. The molecule has 0 atom stereocenters. The Morgan fingerprint density at radius 3 is 2.89 bits per heavy atom. The third-order valence-electron chi connectivity index (χ3n) is 3.19. The van der Waals surface area contributed by atoms with Gasteiger partial charge in [0.2, 0.25) is 0 Å². The van der Waals surface area contributed by atoms with E-state index in [0.29, 0.717) is 12.5 Å². The van der Waals surface area contributed by atoms with E-state index >= 15 is 0 Å². The van der Waals surface area contributed by atoms with E-state index in [2.05, 4.69) is 10.3 Å². The average Bonchev–Trinajstić information content (AvgIpc) is 3.05. The molecule has 100 valence electrons. The smallest absolute Gasteiger partial charge is 0.358 e. The normalized spacial score (nSPS) is 14.9. The zero-order valence-corrected chi connectivity index (χ0v) is 10.6. The molecule has 1 aliphatic carbocycles. The maximum absolute atomic E-state index is 11.1. The van der Waals surface area contributed by atoms with Gasteiger partial charge >= 0.3 is 5.97 Å². The second kappa shape index (κ2) is 5.95. The third kappa shape index (κ3) is 3.29. The molecule has 0 aromatic carbocycles. The summed E-state index contributed by atoms with van der Waals surface area (Å²) in [4.78, 5) is 11.1. The molecule has 1 saturated carbocycles. The van der Waals surface area contributed by atoms with Gasteiger partial charge in [-0.15, -0.1) is 5.10 Å². The first-order valence-corrected chi connectivity index (χ1v) is 6.37. The number of hydrogen-bond donors (Lipinski definition) is 1. The molecule has 0 aliphatic heterocycles. The van der Waals surface area contributed by atoms with Crippen LogP contribution in [0.25, 0.3) is 0 Å². The molecule has 1 N–H and O–H groups in total.